The van der Waals surface area contributed by atoms with Crippen LogP contribution in [0.5, 0.6) is 0 Å². The van der Waals surface area contributed by atoms with Crippen LogP contribution in [0.2, 0.25) is 0 Å². The van der Waals surface area contributed by atoms with Crippen LogP contribution in [0.15, 0.2) is 48.5 Å². The van der Waals surface area contributed by atoms with Crippen LogP contribution in [0.4, 0.5) is 26.3 Å². The van der Waals surface area contributed by atoms with Crippen LogP contribution in [0.1, 0.15) is 66.9 Å². The summed E-state index contributed by atoms with van der Waals surface area (Å²) in [5.74, 6) is -1.80. The van der Waals surface area contributed by atoms with Crippen LogP contribution in [-0.4, -0.2) is 35.2 Å². The number of carbonyl (C=O) groups is 1. The standard InChI is InChI=1S/C27H29F6NO3/c1-16(25(35)36)19-12-13-34(22(15-19)17-4-8-20(9-5-17)26(28,29)30)24(23-3-2-14-37-23)18-6-10-21(11-7-18)27(31,32)33/h4-11,16,19,22-24H,2-3,12-15H2,1H3,(H,35,36)/t16?,19-,22+,23-,24+/m1/s1. The number of likely N-dealkylation sites (tertiary alicyclic amines) is 1. The van der Waals surface area contributed by atoms with E-state index < -0.39 is 47.5 Å². The SMILES string of the molecule is CC(C(=O)O)[C@@H]1CCN([C@@H](c2ccc(C(F)(F)F)cc2)[C@H]2CCCO2)[C@H](c2ccc(C(F)(F)F)cc2)C1. The van der Waals surface area contributed by atoms with Crippen molar-refractivity contribution in [2.45, 2.75) is 63.1 Å². The number of benzene rings is 2. The second-order valence-electron chi connectivity index (χ2n) is 9.90. The summed E-state index contributed by atoms with van der Waals surface area (Å²) in [6, 6.07) is 8.91. The molecule has 202 valence electrons. The second kappa shape index (κ2) is 10.6. The Morgan fingerprint density at radius 2 is 1.51 bits per heavy atom. The third-order valence-corrected chi connectivity index (χ3v) is 7.66. The van der Waals surface area contributed by atoms with Crippen LogP contribution in [0.3, 0.4) is 0 Å². The lowest BCUT2D eigenvalue weighted by Gasteiger charge is -2.46. The molecule has 2 aliphatic rings. The zero-order valence-corrected chi connectivity index (χ0v) is 20.2. The molecule has 4 rings (SSSR count). The molecule has 37 heavy (non-hydrogen) atoms. The number of ether oxygens (including phenoxy) is 1. The first-order valence-corrected chi connectivity index (χ1v) is 12.3. The molecule has 0 bridgehead atoms. The quantitative estimate of drug-likeness (QED) is 0.405. The van der Waals surface area contributed by atoms with Crippen molar-refractivity contribution < 1.29 is 41.0 Å². The van der Waals surface area contributed by atoms with E-state index in [-0.39, 0.29) is 12.0 Å². The Kier molecular flexibility index (Phi) is 7.90. The van der Waals surface area contributed by atoms with Gasteiger partial charge in [-0.15, -0.1) is 0 Å². The number of halogens is 6. The predicted octanol–water partition coefficient (Wildman–Crippen LogP) is 7.12. The van der Waals surface area contributed by atoms with Gasteiger partial charge in [0.2, 0.25) is 0 Å². The number of rotatable bonds is 6. The topological polar surface area (TPSA) is 49.8 Å². The van der Waals surface area contributed by atoms with Gasteiger partial charge >= 0.3 is 18.3 Å². The van der Waals surface area contributed by atoms with Gasteiger partial charge in [-0.05, 0) is 73.5 Å². The minimum atomic E-state index is -4.49. The van der Waals surface area contributed by atoms with Gasteiger partial charge in [0, 0.05) is 12.6 Å². The van der Waals surface area contributed by atoms with E-state index in [2.05, 4.69) is 4.90 Å². The molecule has 2 saturated heterocycles. The molecule has 2 aliphatic heterocycles. The van der Waals surface area contributed by atoms with Crippen molar-refractivity contribution in [1.82, 2.24) is 4.90 Å². The van der Waals surface area contributed by atoms with E-state index in [0.717, 1.165) is 30.7 Å². The van der Waals surface area contributed by atoms with Crippen LogP contribution in [0.25, 0.3) is 0 Å². The Morgan fingerprint density at radius 3 is 2.00 bits per heavy atom. The third kappa shape index (κ3) is 6.12. The van der Waals surface area contributed by atoms with E-state index in [0.29, 0.717) is 43.5 Å². The zero-order valence-electron chi connectivity index (χ0n) is 20.2. The van der Waals surface area contributed by atoms with Gasteiger partial charge in [-0.25, -0.2) is 0 Å². The Balaban J connectivity index is 1.73. The highest BCUT2D eigenvalue weighted by molar-refractivity contribution is 5.69. The molecule has 0 saturated carbocycles. The molecule has 2 aromatic rings. The highest BCUT2D eigenvalue weighted by Crippen LogP contribution is 2.46. The van der Waals surface area contributed by atoms with Gasteiger partial charge < -0.3 is 9.84 Å². The highest BCUT2D eigenvalue weighted by atomic mass is 19.4. The average Bonchev–Trinajstić information content (AvgIpc) is 3.37. The summed E-state index contributed by atoms with van der Waals surface area (Å²) >= 11 is 0. The average molecular weight is 530 g/mol. The van der Waals surface area contributed by atoms with Gasteiger partial charge in [0.15, 0.2) is 0 Å². The number of aliphatic carboxylic acids is 1. The summed E-state index contributed by atoms with van der Waals surface area (Å²) in [5, 5.41) is 9.58. The van der Waals surface area contributed by atoms with E-state index in [1.54, 1.807) is 6.92 Å². The molecule has 0 aromatic heterocycles. The van der Waals surface area contributed by atoms with Gasteiger partial charge in [0.1, 0.15) is 0 Å². The van der Waals surface area contributed by atoms with Crippen molar-refractivity contribution in [1.29, 1.82) is 0 Å². The number of carboxylic acids is 1. The van der Waals surface area contributed by atoms with Crippen molar-refractivity contribution in [2.75, 3.05) is 13.2 Å². The summed E-state index contributed by atoms with van der Waals surface area (Å²) in [7, 11) is 0. The molecule has 1 unspecified atom stereocenters. The summed E-state index contributed by atoms with van der Waals surface area (Å²) in [6.07, 6.45) is -6.87. The number of hydrogen-bond acceptors (Lipinski definition) is 3. The summed E-state index contributed by atoms with van der Waals surface area (Å²) in [4.78, 5) is 13.8. The maximum Gasteiger partial charge on any atom is 0.416 e. The molecular weight excluding hydrogens is 500 g/mol. The van der Waals surface area contributed by atoms with Gasteiger partial charge in [-0.3, -0.25) is 9.69 Å². The normalized spacial score (nSPS) is 25.1. The fourth-order valence-electron chi connectivity index (χ4n) is 5.56. The zero-order chi connectivity index (χ0) is 27.0. The number of carboxylic acid groups (broad SMARTS) is 1. The lowest BCUT2D eigenvalue weighted by molar-refractivity contribution is -0.144. The van der Waals surface area contributed by atoms with Crippen molar-refractivity contribution >= 4 is 5.97 Å². The highest BCUT2D eigenvalue weighted by Gasteiger charge is 2.42. The molecule has 0 aliphatic carbocycles. The fraction of sp³-hybridized carbons (Fsp3) is 0.519. The van der Waals surface area contributed by atoms with E-state index in [1.165, 1.54) is 24.3 Å². The second-order valence-corrected chi connectivity index (χ2v) is 9.90. The molecule has 1 N–H and O–H groups in total. The van der Waals surface area contributed by atoms with Gasteiger partial charge in [-0.1, -0.05) is 31.2 Å². The minimum absolute atomic E-state index is 0.209. The van der Waals surface area contributed by atoms with Crippen molar-refractivity contribution in [3.05, 3.63) is 70.8 Å². The lowest BCUT2D eigenvalue weighted by Crippen LogP contribution is -2.45. The Bertz CT molecular complexity index is 1060. The maximum absolute atomic E-state index is 13.2. The van der Waals surface area contributed by atoms with Crippen LogP contribution < -0.4 is 0 Å². The van der Waals surface area contributed by atoms with E-state index >= 15 is 0 Å². The molecule has 0 spiro atoms. The van der Waals surface area contributed by atoms with E-state index in [9.17, 15) is 36.2 Å². The summed E-state index contributed by atoms with van der Waals surface area (Å²) < 4.78 is 85.1. The number of alkyl halides is 6. The smallest absolute Gasteiger partial charge is 0.416 e. The minimum Gasteiger partial charge on any atom is -0.481 e. The molecule has 4 nitrogen and oxygen atoms in total. The van der Waals surface area contributed by atoms with Crippen LogP contribution in [-0.2, 0) is 21.9 Å². The lowest BCUT2D eigenvalue weighted by atomic mass is 9.78. The van der Waals surface area contributed by atoms with Crippen molar-refractivity contribution in [3.63, 3.8) is 0 Å². The van der Waals surface area contributed by atoms with Gasteiger partial charge in [-0.2, -0.15) is 26.3 Å². The predicted molar refractivity (Wildman–Crippen MR) is 124 cm³/mol. The molecule has 2 aromatic carbocycles. The Labute approximate surface area is 211 Å². The molecule has 10 heteroatoms. The van der Waals surface area contributed by atoms with Crippen LogP contribution >= 0.6 is 0 Å². The van der Waals surface area contributed by atoms with Crippen molar-refractivity contribution in [3.8, 4) is 0 Å². The number of hydrogen-bond donors (Lipinski definition) is 1. The summed E-state index contributed by atoms with van der Waals surface area (Å²) in [5.41, 5.74) is -0.324. The number of piperidine rings is 1. The Morgan fingerprint density at radius 1 is 0.946 bits per heavy atom. The molecule has 2 fully saturated rings. The fourth-order valence-corrected chi connectivity index (χ4v) is 5.56. The van der Waals surface area contributed by atoms with Gasteiger partial charge in [0.25, 0.3) is 0 Å². The maximum atomic E-state index is 13.2. The van der Waals surface area contributed by atoms with Gasteiger partial charge in [0.05, 0.1) is 29.2 Å². The number of nitrogens with zero attached hydrogens (tertiary/aromatic N) is 1. The molecule has 5 atom stereocenters. The first-order chi connectivity index (χ1) is 17.4. The monoisotopic (exact) mass is 529 g/mol. The van der Waals surface area contributed by atoms with Crippen LogP contribution in [0, 0.1) is 11.8 Å². The van der Waals surface area contributed by atoms with E-state index in [4.69, 9.17) is 4.74 Å². The first kappa shape index (κ1) is 27.4. The third-order valence-electron chi connectivity index (χ3n) is 7.66. The first-order valence-electron chi connectivity index (χ1n) is 12.3. The molecule has 2 heterocycles. The van der Waals surface area contributed by atoms with Crippen molar-refractivity contribution in [2.24, 2.45) is 11.8 Å². The largest absolute Gasteiger partial charge is 0.481 e. The summed E-state index contributed by atoms with van der Waals surface area (Å²) in [6.45, 7) is 2.57. The molecular formula is C27H29F6NO3. The molecule has 0 amide bonds. The molecule has 0 radical (unpaired) electrons. The Hall–Kier alpha value is -2.59. The van der Waals surface area contributed by atoms with E-state index in [1.807, 2.05) is 0 Å².